The van der Waals surface area contributed by atoms with Gasteiger partial charge in [-0.25, -0.2) is 4.39 Å². The highest BCUT2D eigenvalue weighted by Crippen LogP contribution is 2.39. The summed E-state index contributed by atoms with van der Waals surface area (Å²) >= 11 is 0. The van der Waals surface area contributed by atoms with E-state index in [1.807, 2.05) is 6.07 Å². The fraction of sp³-hybridized carbons (Fsp3) is 0.643. The molecule has 0 radical (unpaired) electrons. The predicted octanol–water partition coefficient (Wildman–Crippen LogP) is 2.45. The molecular weight excluding hydrogens is 215 g/mol. The molecule has 2 aliphatic rings. The van der Waals surface area contributed by atoms with E-state index in [0.29, 0.717) is 0 Å². The summed E-state index contributed by atoms with van der Waals surface area (Å²) in [6, 6.07) is 4.05. The standard InChI is InChI=1S/C14H19FN2/c15-13(11-4-1-7-16-9-11)12-6-5-10-3-2-8-17-14(10)12/h2-3,8,11-13,16H,1,4-7,9H2. The molecule has 3 heteroatoms. The fourth-order valence-electron chi connectivity index (χ4n) is 3.23. The zero-order chi connectivity index (χ0) is 11.7. The quantitative estimate of drug-likeness (QED) is 0.850. The number of aromatic nitrogens is 1. The SMILES string of the molecule is FC(C1CCCNC1)C1CCc2cccnc21. The molecule has 0 saturated carbocycles. The van der Waals surface area contributed by atoms with Crippen LogP contribution in [0.4, 0.5) is 4.39 Å². The van der Waals surface area contributed by atoms with Crippen LogP contribution in [0.2, 0.25) is 0 Å². The second-order valence-corrected chi connectivity index (χ2v) is 5.24. The molecule has 2 nitrogen and oxygen atoms in total. The molecule has 17 heavy (non-hydrogen) atoms. The van der Waals surface area contributed by atoms with Crippen LogP contribution in [0.25, 0.3) is 0 Å². The van der Waals surface area contributed by atoms with Crippen LogP contribution in [0.15, 0.2) is 18.3 Å². The molecule has 0 amide bonds. The topological polar surface area (TPSA) is 24.9 Å². The number of alkyl halides is 1. The highest BCUT2D eigenvalue weighted by molar-refractivity contribution is 5.29. The van der Waals surface area contributed by atoms with E-state index in [1.54, 1.807) is 6.20 Å². The number of fused-ring (bicyclic) bond motifs is 1. The van der Waals surface area contributed by atoms with E-state index in [0.717, 1.165) is 44.5 Å². The van der Waals surface area contributed by atoms with Crippen molar-refractivity contribution >= 4 is 0 Å². The predicted molar refractivity (Wildman–Crippen MR) is 65.8 cm³/mol. The van der Waals surface area contributed by atoms with Crippen LogP contribution >= 0.6 is 0 Å². The third-order valence-electron chi connectivity index (χ3n) is 4.17. The van der Waals surface area contributed by atoms with Gasteiger partial charge in [0.2, 0.25) is 0 Å². The van der Waals surface area contributed by atoms with Crippen molar-refractivity contribution in [3.63, 3.8) is 0 Å². The van der Waals surface area contributed by atoms with Crippen LogP contribution in [-0.4, -0.2) is 24.2 Å². The molecule has 1 aromatic rings. The van der Waals surface area contributed by atoms with E-state index in [-0.39, 0.29) is 11.8 Å². The Balaban J connectivity index is 1.76. The summed E-state index contributed by atoms with van der Waals surface area (Å²) in [7, 11) is 0. The van der Waals surface area contributed by atoms with Crippen molar-refractivity contribution in [2.45, 2.75) is 37.8 Å². The third-order valence-corrected chi connectivity index (χ3v) is 4.17. The maximum absolute atomic E-state index is 14.6. The zero-order valence-corrected chi connectivity index (χ0v) is 10.0. The minimum Gasteiger partial charge on any atom is -0.316 e. The van der Waals surface area contributed by atoms with E-state index < -0.39 is 6.17 Å². The summed E-state index contributed by atoms with van der Waals surface area (Å²) in [4.78, 5) is 4.40. The molecule has 3 rings (SSSR count). The number of hydrogen-bond donors (Lipinski definition) is 1. The summed E-state index contributed by atoms with van der Waals surface area (Å²) in [6.45, 7) is 1.88. The maximum atomic E-state index is 14.6. The van der Waals surface area contributed by atoms with E-state index in [9.17, 15) is 4.39 Å². The average Bonchev–Trinajstić information content (AvgIpc) is 2.83. The van der Waals surface area contributed by atoms with Gasteiger partial charge in [-0.15, -0.1) is 0 Å². The molecule has 1 aliphatic heterocycles. The minimum absolute atomic E-state index is 0.0381. The van der Waals surface area contributed by atoms with Crippen LogP contribution in [0, 0.1) is 5.92 Å². The number of rotatable bonds is 2. The van der Waals surface area contributed by atoms with Gasteiger partial charge < -0.3 is 5.32 Å². The molecule has 0 aromatic carbocycles. The van der Waals surface area contributed by atoms with Gasteiger partial charge in [0.05, 0.1) is 0 Å². The Morgan fingerprint density at radius 2 is 2.35 bits per heavy atom. The van der Waals surface area contributed by atoms with Gasteiger partial charge in [-0.05, 0) is 43.9 Å². The van der Waals surface area contributed by atoms with Gasteiger partial charge in [-0.1, -0.05) is 6.07 Å². The summed E-state index contributed by atoms with van der Waals surface area (Å²) in [5, 5.41) is 3.30. The molecule has 1 fully saturated rings. The lowest BCUT2D eigenvalue weighted by atomic mass is 9.85. The first kappa shape index (κ1) is 11.1. The first-order chi connectivity index (χ1) is 8.36. The largest absolute Gasteiger partial charge is 0.316 e. The van der Waals surface area contributed by atoms with Gasteiger partial charge >= 0.3 is 0 Å². The summed E-state index contributed by atoms with van der Waals surface area (Å²) in [6.07, 6.45) is 5.13. The van der Waals surface area contributed by atoms with Gasteiger partial charge in [-0.2, -0.15) is 0 Å². The number of hydrogen-bond acceptors (Lipinski definition) is 2. The first-order valence-electron chi connectivity index (χ1n) is 6.65. The minimum atomic E-state index is -0.723. The van der Waals surface area contributed by atoms with Crippen LogP contribution in [0.1, 0.15) is 36.4 Å². The summed E-state index contributed by atoms with van der Waals surface area (Å²) in [5.41, 5.74) is 2.27. The van der Waals surface area contributed by atoms with Crippen LogP contribution in [0.5, 0.6) is 0 Å². The number of piperidine rings is 1. The second kappa shape index (κ2) is 4.73. The van der Waals surface area contributed by atoms with Crippen LogP contribution in [0.3, 0.4) is 0 Å². The van der Waals surface area contributed by atoms with Crippen LogP contribution in [-0.2, 0) is 6.42 Å². The molecule has 3 unspecified atom stereocenters. The molecular formula is C14H19FN2. The molecule has 1 saturated heterocycles. The smallest absolute Gasteiger partial charge is 0.112 e. The van der Waals surface area contributed by atoms with E-state index in [2.05, 4.69) is 16.4 Å². The van der Waals surface area contributed by atoms with Gasteiger partial charge in [0.1, 0.15) is 6.17 Å². The van der Waals surface area contributed by atoms with E-state index in [4.69, 9.17) is 0 Å². The second-order valence-electron chi connectivity index (χ2n) is 5.24. The Kier molecular flexibility index (Phi) is 3.10. The third kappa shape index (κ3) is 2.08. The van der Waals surface area contributed by atoms with Crippen molar-refractivity contribution in [3.05, 3.63) is 29.6 Å². The number of aryl methyl sites for hydroxylation is 1. The Bertz CT molecular complexity index is 388. The van der Waals surface area contributed by atoms with Crippen molar-refractivity contribution in [1.29, 1.82) is 0 Å². The van der Waals surface area contributed by atoms with Gasteiger partial charge in [-0.3, -0.25) is 4.98 Å². The number of nitrogens with zero attached hydrogens (tertiary/aromatic N) is 1. The van der Waals surface area contributed by atoms with Gasteiger partial charge in [0.15, 0.2) is 0 Å². The molecule has 0 spiro atoms. The molecule has 1 aromatic heterocycles. The molecule has 0 bridgehead atoms. The fourth-order valence-corrected chi connectivity index (χ4v) is 3.23. The van der Waals surface area contributed by atoms with Crippen molar-refractivity contribution in [1.82, 2.24) is 10.3 Å². The highest BCUT2D eigenvalue weighted by atomic mass is 19.1. The van der Waals surface area contributed by atoms with E-state index in [1.165, 1.54) is 5.56 Å². The lowest BCUT2D eigenvalue weighted by Crippen LogP contribution is -2.37. The summed E-state index contributed by atoms with van der Waals surface area (Å²) in [5.74, 6) is 0.220. The van der Waals surface area contributed by atoms with Crippen LogP contribution < -0.4 is 5.32 Å². The highest BCUT2D eigenvalue weighted by Gasteiger charge is 2.36. The Morgan fingerprint density at radius 1 is 1.41 bits per heavy atom. The lowest BCUT2D eigenvalue weighted by Gasteiger charge is -2.29. The lowest BCUT2D eigenvalue weighted by molar-refractivity contribution is 0.159. The van der Waals surface area contributed by atoms with Crippen molar-refractivity contribution in [2.24, 2.45) is 5.92 Å². The van der Waals surface area contributed by atoms with Gasteiger partial charge in [0, 0.05) is 30.3 Å². The molecule has 1 N–H and O–H groups in total. The maximum Gasteiger partial charge on any atom is 0.112 e. The monoisotopic (exact) mass is 234 g/mol. The molecule has 3 atom stereocenters. The Hall–Kier alpha value is -0.960. The van der Waals surface area contributed by atoms with Gasteiger partial charge in [0.25, 0.3) is 0 Å². The number of halogens is 1. The van der Waals surface area contributed by atoms with Crippen molar-refractivity contribution in [2.75, 3.05) is 13.1 Å². The molecule has 92 valence electrons. The number of pyridine rings is 1. The molecule has 1 aliphatic carbocycles. The Morgan fingerprint density at radius 3 is 3.18 bits per heavy atom. The first-order valence-corrected chi connectivity index (χ1v) is 6.65. The van der Waals surface area contributed by atoms with E-state index >= 15 is 0 Å². The molecule has 2 heterocycles. The average molecular weight is 234 g/mol. The van der Waals surface area contributed by atoms with Crippen molar-refractivity contribution in [3.8, 4) is 0 Å². The Labute approximate surface area is 102 Å². The van der Waals surface area contributed by atoms with Crippen molar-refractivity contribution < 1.29 is 4.39 Å². The number of nitrogens with one attached hydrogen (secondary N) is 1. The summed E-state index contributed by atoms with van der Waals surface area (Å²) < 4.78 is 14.6. The normalized spacial score (nSPS) is 29.9. The zero-order valence-electron chi connectivity index (χ0n) is 10.0.